The minimum atomic E-state index is 0.989. The summed E-state index contributed by atoms with van der Waals surface area (Å²) < 4.78 is 0. The summed E-state index contributed by atoms with van der Waals surface area (Å²) in [7, 11) is 0. The van der Waals surface area contributed by atoms with E-state index in [4.69, 9.17) is 0 Å². The zero-order valence-corrected chi connectivity index (χ0v) is 7.05. The zero-order chi connectivity index (χ0) is 7.05. The molecule has 0 aromatic heterocycles. The molecule has 0 amide bonds. The van der Waals surface area contributed by atoms with Gasteiger partial charge in [-0.3, -0.25) is 0 Å². The summed E-state index contributed by atoms with van der Waals surface area (Å²) in [5.74, 6) is 4.84. The topological polar surface area (TPSA) is 0 Å². The van der Waals surface area contributed by atoms with Gasteiger partial charge in [0, 0.05) is 0 Å². The van der Waals surface area contributed by atoms with Gasteiger partial charge in [0.25, 0.3) is 0 Å². The first-order valence-electron chi connectivity index (χ1n) is 5.39. The summed E-state index contributed by atoms with van der Waals surface area (Å²) in [4.78, 5) is 0. The number of rotatable bonds is 0. The van der Waals surface area contributed by atoms with E-state index in [9.17, 15) is 0 Å². The monoisotopic (exact) mass is 148 g/mol. The van der Waals surface area contributed by atoms with Crippen molar-refractivity contribution in [2.45, 2.75) is 38.5 Å². The van der Waals surface area contributed by atoms with Crippen LogP contribution in [0.5, 0.6) is 0 Å². The van der Waals surface area contributed by atoms with Crippen molar-refractivity contribution in [1.82, 2.24) is 0 Å². The van der Waals surface area contributed by atoms with Crippen LogP contribution in [0, 0.1) is 29.1 Å². The van der Waals surface area contributed by atoms with Gasteiger partial charge in [-0.25, -0.2) is 0 Å². The molecule has 0 heterocycles. The lowest BCUT2D eigenvalue weighted by Crippen LogP contribution is -2.60. The number of hydrogen-bond donors (Lipinski definition) is 0. The summed E-state index contributed by atoms with van der Waals surface area (Å²) in [6.45, 7) is 0. The first-order valence-corrected chi connectivity index (χ1v) is 5.39. The zero-order valence-electron chi connectivity index (χ0n) is 7.05. The molecule has 5 atom stereocenters. The predicted octanol–water partition coefficient (Wildman–Crippen LogP) is 2.83. The van der Waals surface area contributed by atoms with Gasteiger partial charge in [-0.05, 0) is 61.2 Å². The molecule has 0 radical (unpaired) electrons. The van der Waals surface area contributed by atoms with Gasteiger partial charge >= 0.3 is 0 Å². The quantitative estimate of drug-likeness (QED) is 0.495. The summed E-state index contributed by atoms with van der Waals surface area (Å²) >= 11 is 0. The molecule has 0 N–H and O–H groups in total. The van der Waals surface area contributed by atoms with E-state index in [-0.39, 0.29) is 0 Å². The van der Waals surface area contributed by atoms with Crippen LogP contribution >= 0.6 is 0 Å². The lowest BCUT2D eigenvalue weighted by molar-refractivity contribution is -0.189. The second-order valence-electron chi connectivity index (χ2n) is 5.56. The van der Waals surface area contributed by atoms with Crippen LogP contribution in [-0.2, 0) is 0 Å². The molecule has 0 heteroatoms. The molecule has 0 nitrogen and oxygen atoms in total. The van der Waals surface area contributed by atoms with Crippen molar-refractivity contribution in [2.24, 2.45) is 29.1 Å². The summed E-state index contributed by atoms with van der Waals surface area (Å²) in [6, 6.07) is 0. The van der Waals surface area contributed by atoms with Crippen LogP contribution in [0.2, 0.25) is 0 Å². The van der Waals surface area contributed by atoms with Crippen molar-refractivity contribution in [3.05, 3.63) is 0 Å². The number of fused-ring (bicyclic) bond motifs is 1. The molecule has 1 spiro atoms. The highest BCUT2D eigenvalue weighted by atomic mass is 14.7. The van der Waals surface area contributed by atoms with E-state index < -0.39 is 0 Å². The Kier molecular flexibility index (Phi) is 0.717. The Morgan fingerprint density at radius 3 is 2.45 bits per heavy atom. The van der Waals surface area contributed by atoms with Crippen molar-refractivity contribution in [3.63, 3.8) is 0 Å². The van der Waals surface area contributed by atoms with E-state index in [1.807, 2.05) is 0 Å². The van der Waals surface area contributed by atoms with E-state index in [1.165, 1.54) is 23.7 Å². The molecular weight excluding hydrogens is 132 g/mol. The normalized spacial score (nSPS) is 69.8. The summed E-state index contributed by atoms with van der Waals surface area (Å²) in [5, 5.41) is 0. The van der Waals surface area contributed by atoms with Crippen molar-refractivity contribution in [2.75, 3.05) is 0 Å². The maximum Gasteiger partial charge on any atom is -0.0209 e. The number of hydrogen-bond acceptors (Lipinski definition) is 0. The van der Waals surface area contributed by atoms with Crippen LogP contribution in [0.1, 0.15) is 38.5 Å². The van der Waals surface area contributed by atoms with Crippen LogP contribution < -0.4 is 0 Å². The van der Waals surface area contributed by atoms with Gasteiger partial charge in [0.1, 0.15) is 0 Å². The van der Waals surface area contributed by atoms with E-state index >= 15 is 0 Å². The fraction of sp³-hybridized carbons (Fsp3) is 1.00. The predicted molar refractivity (Wildman–Crippen MR) is 44.1 cm³/mol. The van der Waals surface area contributed by atoms with Crippen LogP contribution in [0.25, 0.3) is 0 Å². The fourth-order valence-corrected chi connectivity index (χ4v) is 5.18. The van der Waals surface area contributed by atoms with Crippen LogP contribution in [0.4, 0.5) is 0 Å². The third-order valence-corrected chi connectivity index (χ3v) is 5.60. The minimum absolute atomic E-state index is 0.989. The molecule has 11 heavy (non-hydrogen) atoms. The standard InChI is InChI=1S/C11H16/c1-2-8-4-10-5-9-3-7(1)6-11(8,9)10/h7-10H,1-6H2. The van der Waals surface area contributed by atoms with Gasteiger partial charge in [0.15, 0.2) is 0 Å². The van der Waals surface area contributed by atoms with Gasteiger partial charge in [-0.2, -0.15) is 0 Å². The molecule has 4 saturated carbocycles. The Bertz CT molecular complexity index is 210. The summed E-state index contributed by atoms with van der Waals surface area (Å²) in [6.07, 6.45) is 9.75. The maximum atomic E-state index is 1.66. The van der Waals surface area contributed by atoms with Crippen LogP contribution in [0.3, 0.4) is 0 Å². The first-order chi connectivity index (χ1) is 5.39. The highest BCUT2D eigenvalue weighted by molar-refractivity contribution is 5.19. The van der Waals surface area contributed by atoms with Gasteiger partial charge in [-0.15, -0.1) is 0 Å². The second-order valence-corrected chi connectivity index (χ2v) is 5.56. The molecule has 0 aromatic carbocycles. The van der Waals surface area contributed by atoms with Crippen molar-refractivity contribution < 1.29 is 0 Å². The van der Waals surface area contributed by atoms with Crippen LogP contribution in [0.15, 0.2) is 0 Å². The Balaban J connectivity index is 1.83. The Morgan fingerprint density at radius 1 is 0.818 bits per heavy atom. The van der Waals surface area contributed by atoms with E-state index in [2.05, 4.69) is 0 Å². The Labute approximate surface area is 68.4 Å². The largest absolute Gasteiger partial charge is 0.0501 e. The molecule has 0 saturated heterocycles. The molecule has 4 aliphatic rings. The average molecular weight is 148 g/mol. The van der Waals surface area contributed by atoms with Gasteiger partial charge < -0.3 is 0 Å². The highest BCUT2D eigenvalue weighted by Crippen LogP contribution is 2.78. The maximum absolute atomic E-state index is 1.66. The lowest BCUT2D eigenvalue weighted by atomic mass is 9.37. The fourth-order valence-electron chi connectivity index (χ4n) is 5.18. The van der Waals surface area contributed by atoms with Gasteiger partial charge in [0.2, 0.25) is 0 Å². The Hall–Kier alpha value is 0. The van der Waals surface area contributed by atoms with Crippen molar-refractivity contribution in [1.29, 1.82) is 0 Å². The summed E-state index contributed by atoms with van der Waals surface area (Å²) in [5.41, 5.74) is 0.989. The minimum Gasteiger partial charge on any atom is -0.0501 e. The molecule has 4 rings (SSSR count). The SMILES string of the molecule is C1CC2CC3CC4CC1CC243. The van der Waals surface area contributed by atoms with Gasteiger partial charge in [0.05, 0.1) is 0 Å². The lowest BCUT2D eigenvalue weighted by Gasteiger charge is -2.68. The average Bonchev–Trinajstić information content (AvgIpc) is 2.37. The smallest absolute Gasteiger partial charge is 0.0209 e. The van der Waals surface area contributed by atoms with E-state index in [0.29, 0.717) is 0 Å². The molecule has 0 aliphatic heterocycles. The Morgan fingerprint density at radius 2 is 1.64 bits per heavy atom. The molecule has 0 aromatic rings. The molecule has 2 bridgehead atoms. The van der Waals surface area contributed by atoms with Crippen LogP contribution in [-0.4, -0.2) is 0 Å². The van der Waals surface area contributed by atoms with Gasteiger partial charge in [-0.1, -0.05) is 6.42 Å². The highest BCUT2D eigenvalue weighted by Gasteiger charge is 2.70. The molecule has 5 unspecified atom stereocenters. The van der Waals surface area contributed by atoms with E-state index in [1.54, 1.807) is 38.5 Å². The molecular formula is C11H16. The van der Waals surface area contributed by atoms with Crippen molar-refractivity contribution >= 4 is 0 Å². The molecule has 4 aliphatic carbocycles. The molecule has 4 fully saturated rings. The first kappa shape index (κ1) is 5.61. The van der Waals surface area contributed by atoms with Crippen molar-refractivity contribution in [3.8, 4) is 0 Å². The van der Waals surface area contributed by atoms with E-state index in [0.717, 1.165) is 5.41 Å². The molecule has 60 valence electrons. The third kappa shape index (κ3) is 0.400. The second kappa shape index (κ2) is 1.41. The third-order valence-electron chi connectivity index (χ3n) is 5.60.